The van der Waals surface area contributed by atoms with Crippen LogP contribution in [0.5, 0.6) is 0 Å². The fourth-order valence-electron chi connectivity index (χ4n) is 1.79. The SMILES string of the molecule is Cc1nc(C2CCCNC2)cnc1Cl. The zero-order valence-corrected chi connectivity index (χ0v) is 9.01. The minimum Gasteiger partial charge on any atom is -0.316 e. The molecule has 0 amide bonds. The van der Waals surface area contributed by atoms with E-state index in [2.05, 4.69) is 15.3 Å². The van der Waals surface area contributed by atoms with Crippen LogP contribution in [-0.4, -0.2) is 23.1 Å². The standard InChI is InChI=1S/C10H14ClN3/c1-7-10(11)13-6-9(14-7)8-3-2-4-12-5-8/h6,8,12H,2-5H2,1H3. The Morgan fingerprint density at radius 2 is 2.43 bits per heavy atom. The van der Waals surface area contributed by atoms with Gasteiger partial charge in [-0.15, -0.1) is 0 Å². The van der Waals surface area contributed by atoms with Crippen molar-refractivity contribution in [3.63, 3.8) is 0 Å². The average Bonchev–Trinajstić information content (AvgIpc) is 2.23. The molecule has 0 radical (unpaired) electrons. The van der Waals surface area contributed by atoms with E-state index in [0.717, 1.165) is 24.5 Å². The Labute approximate surface area is 88.9 Å². The minimum absolute atomic E-state index is 0.507. The molecule has 1 aliphatic heterocycles. The van der Waals surface area contributed by atoms with Crippen LogP contribution in [0.3, 0.4) is 0 Å². The largest absolute Gasteiger partial charge is 0.316 e. The van der Waals surface area contributed by atoms with E-state index in [0.29, 0.717) is 11.1 Å². The average molecular weight is 212 g/mol. The van der Waals surface area contributed by atoms with Gasteiger partial charge < -0.3 is 5.32 Å². The number of aryl methyl sites for hydroxylation is 1. The van der Waals surface area contributed by atoms with Gasteiger partial charge in [-0.25, -0.2) is 4.98 Å². The molecule has 76 valence electrons. The number of hydrogen-bond donors (Lipinski definition) is 1. The third kappa shape index (κ3) is 2.04. The summed E-state index contributed by atoms with van der Waals surface area (Å²) >= 11 is 5.83. The zero-order valence-electron chi connectivity index (χ0n) is 8.26. The lowest BCUT2D eigenvalue weighted by molar-refractivity contribution is 0.453. The highest BCUT2D eigenvalue weighted by molar-refractivity contribution is 6.29. The molecule has 2 heterocycles. The van der Waals surface area contributed by atoms with Gasteiger partial charge in [0.25, 0.3) is 0 Å². The lowest BCUT2D eigenvalue weighted by Crippen LogP contribution is -2.29. The second-order valence-electron chi connectivity index (χ2n) is 3.71. The van der Waals surface area contributed by atoms with Crippen molar-refractivity contribution in [2.45, 2.75) is 25.7 Å². The maximum atomic E-state index is 5.83. The molecule has 1 aromatic heterocycles. The normalized spacial score (nSPS) is 22.3. The number of halogens is 1. The van der Waals surface area contributed by atoms with Gasteiger partial charge in [0, 0.05) is 12.5 Å². The number of aromatic nitrogens is 2. The van der Waals surface area contributed by atoms with E-state index < -0.39 is 0 Å². The second-order valence-corrected chi connectivity index (χ2v) is 4.07. The van der Waals surface area contributed by atoms with Crippen molar-refractivity contribution in [2.75, 3.05) is 13.1 Å². The van der Waals surface area contributed by atoms with Crippen molar-refractivity contribution in [2.24, 2.45) is 0 Å². The van der Waals surface area contributed by atoms with Crippen LogP contribution in [-0.2, 0) is 0 Å². The van der Waals surface area contributed by atoms with E-state index in [1.165, 1.54) is 12.8 Å². The third-order valence-electron chi connectivity index (χ3n) is 2.62. The third-order valence-corrected chi connectivity index (χ3v) is 2.99. The Kier molecular flexibility index (Phi) is 2.99. The maximum absolute atomic E-state index is 5.83. The van der Waals surface area contributed by atoms with Gasteiger partial charge in [0.15, 0.2) is 0 Å². The van der Waals surface area contributed by atoms with Gasteiger partial charge in [-0.1, -0.05) is 11.6 Å². The summed E-state index contributed by atoms with van der Waals surface area (Å²) in [5.74, 6) is 0.507. The maximum Gasteiger partial charge on any atom is 0.150 e. The van der Waals surface area contributed by atoms with Gasteiger partial charge in [0.1, 0.15) is 5.15 Å². The summed E-state index contributed by atoms with van der Waals surface area (Å²) in [6.07, 6.45) is 4.21. The molecule has 1 fully saturated rings. The first-order chi connectivity index (χ1) is 6.77. The first-order valence-electron chi connectivity index (χ1n) is 4.97. The molecule has 1 N–H and O–H groups in total. The molecule has 1 aliphatic rings. The first-order valence-corrected chi connectivity index (χ1v) is 5.35. The van der Waals surface area contributed by atoms with E-state index in [1.807, 2.05) is 6.92 Å². The van der Waals surface area contributed by atoms with Crippen LogP contribution in [0.4, 0.5) is 0 Å². The van der Waals surface area contributed by atoms with Crippen molar-refractivity contribution in [3.05, 3.63) is 22.7 Å². The number of hydrogen-bond acceptors (Lipinski definition) is 3. The van der Waals surface area contributed by atoms with Crippen LogP contribution in [0.2, 0.25) is 5.15 Å². The molecule has 14 heavy (non-hydrogen) atoms. The fourth-order valence-corrected chi connectivity index (χ4v) is 1.88. The summed E-state index contributed by atoms with van der Waals surface area (Å²) < 4.78 is 0. The van der Waals surface area contributed by atoms with Crippen molar-refractivity contribution >= 4 is 11.6 Å². The van der Waals surface area contributed by atoms with Gasteiger partial charge in [-0.05, 0) is 26.3 Å². The summed E-state index contributed by atoms with van der Waals surface area (Å²) in [5.41, 5.74) is 1.90. The van der Waals surface area contributed by atoms with E-state index in [1.54, 1.807) is 6.20 Å². The molecule has 0 aliphatic carbocycles. The number of piperidine rings is 1. The van der Waals surface area contributed by atoms with E-state index in [-0.39, 0.29) is 0 Å². The predicted octanol–water partition coefficient (Wildman–Crippen LogP) is 1.91. The molecule has 1 unspecified atom stereocenters. The molecule has 3 nitrogen and oxygen atoms in total. The van der Waals surface area contributed by atoms with Gasteiger partial charge in [0.2, 0.25) is 0 Å². The van der Waals surface area contributed by atoms with E-state index in [9.17, 15) is 0 Å². The molecule has 0 spiro atoms. The lowest BCUT2D eigenvalue weighted by atomic mass is 9.96. The molecular formula is C10H14ClN3. The molecule has 1 saturated heterocycles. The molecule has 4 heteroatoms. The predicted molar refractivity (Wildman–Crippen MR) is 56.6 cm³/mol. The summed E-state index contributed by atoms with van der Waals surface area (Å²) in [6.45, 7) is 4.03. The summed E-state index contributed by atoms with van der Waals surface area (Å²) in [6, 6.07) is 0. The Bertz CT molecular complexity index is 321. The molecule has 0 bridgehead atoms. The molecular weight excluding hydrogens is 198 g/mol. The van der Waals surface area contributed by atoms with Crippen LogP contribution < -0.4 is 5.32 Å². The second kappa shape index (κ2) is 4.24. The van der Waals surface area contributed by atoms with Crippen LogP contribution in [0, 0.1) is 6.92 Å². The Balaban J connectivity index is 2.18. The fraction of sp³-hybridized carbons (Fsp3) is 0.600. The molecule has 0 aromatic carbocycles. The highest BCUT2D eigenvalue weighted by atomic mass is 35.5. The molecule has 1 atom stereocenters. The van der Waals surface area contributed by atoms with Gasteiger partial charge in [0.05, 0.1) is 17.6 Å². The molecule has 1 aromatic rings. The van der Waals surface area contributed by atoms with Crippen LogP contribution in [0.25, 0.3) is 0 Å². The smallest absolute Gasteiger partial charge is 0.150 e. The van der Waals surface area contributed by atoms with Crippen molar-refractivity contribution in [1.29, 1.82) is 0 Å². The van der Waals surface area contributed by atoms with Crippen LogP contribution in [0.1, 0.15) is 30.1 Å². The van der Waals surface area contributed by atoms with Crippen molar-refractivity contribution < 1.29 is 0 Å². The first kappa shape index (κ1) is 9.87. The number of rotatable bonds is 1. The summed E-state index contributed by atoms with van der Waals surface area (Å²) in [4.78, 5) is 8.59. The highest BCUT2D eigenvalue weighted by Gasteiger charge is 2.17. The topological polar surface area (TPSA) is 37.8 Å². The van der Waals surface area contributed by atoms with Crippen LogP contribution in [0.15, 0.2) is 6.20 Å². The Morgan fingerprint density at radius 3 is 3.07 bits per heavy atom. The monoisotopic (exact) mass is 211 g/mol. The Hall–Kier alpha value is -0.670. The van der Waals surface area contributed by atoms with Gasteiger partial charge >= 0.3 is 0 Å². The van der Waals surface area contributed by atoms with Crippen molar-refractivity contribution in [3.8, 4) is 0 Å². The van der Waals surface area contributed by atoms with E-state index in [4.69, 9.17) is 11.6 Å². The zero-order chi connectivity index (χ0) is 9.97. The molecule has 0 saturated carbocycles. The number of nitrogens with one attached hydrogen (secondary N) is 1. The van der Waals surface area contributed by atoms with Crippen molar-refractivity contribution in [1.82, 2.24) is 15.3 Å². The van der Waals surface area contributed by atoms with E-state index >= 15 is 0 Å². The summed E-state index contributed by atoms with van der Waals surface area (Å²) in [5, 5.41) is 3.88. The van der Waals surface area contributed by atoms with Gasteiger partial charge in [-0.3, -0.25) is 4.98 Å². The summed E-state index contributed by atoms with van der Waals surface area (Å²) in [7, 11) is 0. The number of nitrogens with zero attached hydrogens (tertiary/aromatic N) is 2. The Morgan fingerprint density at radius 1 is 1.57 bits per heavy atom. The highest BCUT2D eigenvalue weighted by Crippen LogP contribution is 2.22. The minimum atomic E-state index is 0.507. The van der Waals surface area contributed by atoms with Gasteiger partial charge in [-0.2, -0.15) is 0 Å². The lowest BCUT2D eigenvalue weighted by Gasteiger charge is -2.22. The quantitative estimate of drug-likeness (QED) is 0.771. The molecule has 2 rings (SSSR count). The van der Waals surface area contributed by atoms with Crippen LogP contribution >= 0.6 is 11.6 Å².